The molecule has 0 radical (unpaired) electrons. The van der Waals surface area contributed by atoms with Gasteiger partial charge in [0.15, 0.2) is 23.9 Å². The molecule has 47 heavy (non-hydrogen) atoms. The van der Waals surface area contributed by atoms with Gasteiger partial charge in [0.2, 0.25) is 0 Å². The van der Waals surface area contributed by atoms with Crippen LogP contribution in [0.4, 0.5) is 8.63 Å². The summed E-state index contributed by atoms with van der Waals surface area (Å²) in [4.78, 5) is 13.8. The Hall–Kier alpha value is -4.59. The van der Waals surface area contributed by atoms with E-state index in [1.807, 2.05) is 43.3 Å². The van der Waals surface area contributed by atoms with Crippen molar-refractivity contribution >= 4 is 30.6 Å². The van der Waals surface area contributed by atoms with E-state index in [-0.39, 0.29) is 11.4 Å². The summed E-state index contributed by atoms with van der Waals surface area (Å²) < 4.78 is 42.6. The van der Waals surface area contributed by atoms with Crippen LogP contribution in [0.1, 0.15) is 84.2 Å². The lowest BCUT2D eigenvalue weighted by molar-refractivity contribution is -0.697. The number of ether oxygens (including phenoxy) is 1. The van der Waals surface area contributed by atoms with E-state index in [0.717, 1.165) is 39.7 Å². The second-order valence-corrected chi connectivity index (χ2v) is 12.7. The second-order valence-electron chi connectivity index (χ2n) is 12.7. The number of aryl methyl sites for hydroxylation is 3. The van der Waals surface area contributed by atoms with Crippen molar-refractivity contribution in [1.29, 1.82) is 0 Å². The highest BCUT2D eigenvalue weighted by Crippen LogP contribution is 2.42. The van der Waals surface area contributed by atoms with E-state index in [4.69, 9.17) is 4.74 Å². The molecule has 8 heteroatoms. The first-order chi connectivity index (χ1) is 22.8. The van der Waals surface area contributed by atoms with Crippen molar-refractivity contribution in [3.8, 4) is 5.75 Å². The first kappa shape index (κ1) is 32.4. The number of halogens is 2. The van der Waals surface area contributed by atoms with Gasteiger partial charge in [-0.15, -0.1) is 0 Å². The van der Waals surface area contributed by atoms with Crippen molar-refractivity contribution in [3.63, 3.8) is 0 Å². The van der Waals surface area contributed by atoms with Gasteiger partial charge in [0.1, 0.15) is 18.5 Å². The molecule has 2 aromatic carbocycles. The summed E-state index contributed by atoms with van der Waals surface area (Å²) in [6.07, 6.45) is 17.0. The molecule has 5 nitrogen and oxygen atoms in total. The summed E-state index contributed by atoms with van der Waals surface area (Å²) in [6.45, 7) is 1.07. The molecule has 0 fully saturated rings. The van der Waals surface area contributed by atoms with Gasteiger partial charge in [0.25, 0.3) is 0 Å². The SMILES string of the molecule is Cc1cc(C)n2c1C=C1C(c3ccc(OCCCCCCCCCC[n+]4ccccc4)cc3)=C(C(=O)c3ccccc3)C=[N+]1[B-]2(F)F. The first-order valence-electron chi connectivity index (χ1n) is 16.9. The normalized spacial score (nSPS) is 14.8. The number of allylic oxidation sites excluding steroid dienone is 2. The third-order valence-electron chi connectivity index (χ3n) is 9.24. The fourth-order valence-electron chi connectivity index (χ4n) is 6.80. The van der Waals surface area contributed by atoms with Gasteiger partial charge in [-0.1, -0.05) is 80.6 Å². The topological polar surface area (TPSA) is 38.1 Å². The fourth-order valence-corrected chi connectivity index (χ4v) is 6.80. The monoisotopic (exact) mass is 634 g/mol. The number of hydrogen-bond donors (Lipinski definition) is 0. The predicted molar refractivity (Wildman–Crippen MR) is 185 cm³/mol. The molecule has 0 spiro atoms. The smallest absolute Gasteiger partial charge is 0.494 e. The predicted octanol–water partition coefficient (Wildman–Crippen LogP) is 8.60. The van der Waals surface area contributed by atoms with Crippen molar-refractivity contribution in [1.82, 2.24) is 4.48 Å². The molecular weight excluding hydrogens is 591 g/mol. The van der Waals surface area contributed by atoms with E-state index in [0.29, 0.717) is 40.4 Å². The number of benzene rings is 2. The molecule has 4 heterocycles. The first-order valence-corrected chi connectivity index (χ1v) is 16.9. The highest BCUT2D eigenvalue weighted by molar-refractivity contribution is 6.58. The van der Waals surface area contributed by atoms with Crippen LogP contribution in [-0.2, 0) is 6.54 Å². The summed E-state index contributed by atoms with van der Waals surface area (Å²) in [7, 11) is 0. The number of pyridine rings is 1. The van der Waals surface area contributed by atoms with Crippen LogP contribution in [0.15, 0.2) is 103 Å². The van der Waals surface area contributed by atoms with Crippen LogP contribution < -0.4 is 9.30 Å². The Morgan fingerprint density at radius 1 is 0.809 bits per heavy atom. The second kappa shape index (κ2) is 14.5. The number of unbranched alkanes of at least 4 members (excludes halogenated alkanes) is 7. The summed E-state index contributed by atoms with van der Waals surface area (Å²) in [6, 6.07) is 24.3. The van der Waals surface area contributed by atoms with E-state index in [1.54, 1.807) is 43.3 Å². The molecule has 242 valence electrons. The van der Waals surface area contributed by atoms with Crippen LogP contribution in [-0.4, -0.2) is 34.5 Å². The van der Waals surface area contributed by atoms with Crippen molar-refractivity contribution in [2.75, 3.05) is 6.61 Å². The third-order valence-corrected chi connectivity index (χ3v) is 9.24. The summed E-state index contributed by atoms with van der Waals surface area (Å²) in [5, 5.41) is 0. The van der Waals surface area contributed by atoms with Crippen LogP contribution >= 0.6 is 0 Å². The van der Waals surface area contributed by atoms with Crippen molar-refractivity contribution in [2.24, 2.45) is 0 Å². The average Bonchev–Trinajstić information content (AvgIpc) is 3.62. The molecule has 4 aromatic rings. The van der Waals surface area contributed by atoms with E-state index in [9.17, 15) is 4.79 Å². The molecular formula is C39H43BF2N3O2+. The summed E-state index contributed by atoms with van der Waals surface area (Å²) >= 11 is 0. The number of aromatic nitrogens is 2. The minimum absolute atomic E-state index is 0.258. The number of fused-ring (bicyclic) bond motifs is 2. The Labute approximate surface area is 276 Å². The lowest BCUT2D eigenvalue weighted by atomic mass is 9.88. The maximum atomic E-state index is 16.1. The quantitative estimate of drug-likeness (QED) is 0.0569. The van der Waals surface area contributed by atoms with E-state index in [1.165, 1.54) is 44.7 Å². The fraction of sp³-hybridized carbons (Fsp3) is 0.308. The van der Waals surface area contributed by atoms with E-state index >= 15 is 8.63 Å². The minimum Gasteiger partial charge on any atom is -0.494 e. The lowest BCUT2D eigenvalue weighted by Crippen LogP contribution is -2.49. The van der Waals surface area contributed by atoms with Crippen LogP contribution in [0, 0.1) is 13.8 Å². The molecule has 0 N–H and O–H groups in total. The number of hydrogen-bond acceptors (Lipinski definition) is 2. The zero-order chi connectivity index (χ0) is 32.8. The van der Waals surface area contributed by atoms with Gasteiger partial charge in [-0.2, -0.15) is 0 Å². The van der Waals surface area contributed by atoms with Gasteiger partial charge >= 0.3 is 6.97 Å². The standard InChI is InChI=1S/C39H43BF2N3O2/c1-30-27-31(2)45-36(30)28-37-38(35(29-44(37)40(45,41)42)39(46)33-17-11-9-12-18-33)32-19-21-34(22-20-32)47-26-16-8-6-4-3-5-7-13-23-43-24-14-10-15-25-43/h9-12,14-15,17-22,24-25,27-29H,3-8,13,16,23,26H2,1-2H3/q+1. The number of ketones is 1. The molecule has 6 rings (SSSR count). The van der Waals surface area contributed by atoms with Crippen LogP contribution in [0.5, 0.6) is 5.75 Å². The van der Waals surface area contributed by atoms with Gasteiger partial charge < -0.3 is 22.3 Å². The highest BCUT2D eigenvalue weighted by Gasteiger charge is 2.54. The maximum Gasteiger partial charge on any atom is 0.737 e. The van der Waals surface area contributed by atoms with Crippen LogP contribution in [0.25, 0.3) is 11.6 Å². The lowest BCUT2D eigenvalue weighted by Gasteiger charge is -2.30. The maximum absolute atomic E-state index is 16.1. The van der Waals surface area contributed by atoms with Crippen LogP contribution in [0.3, 0.4) is 0 Å². The number of carbonyl (C=O) groups excluding carboxylic acids is 1. The summed E-state index contributed by atoms with van der Waals surface area (Å²) in [5.74, 6) is 0.445. The number of rotatable bonds is 15. The molecule has 2 aromatic heterocycles. The van der Waals surface area contributed by atoms with Crippen molar-refractivity contribution in [3.05, 3.63) is 131 Å². The zero-order valence-corrected chi connectivity index (χ0v) is 27.4. The molecule has 0 saturated carbocycles. The van der Waals surface area contributed by atoms with Gasteiger partial charge in [-0.25, -0.2) is 4.57 Å². The van der Waals surface area contributed by atoms with Crippen molar-refractivity contribution < 1.29 is 27.2 Å². The van der Waals surface area contributed by atoms with Crippen LogP contribution in [0.2, 0.25) is 0 Å². The molecule has 0 amide bonds. The average molecular weight is 635 g/mol. The van der Waals surface area contributed by atoms with Gasteiger partial charge in [0.05, 0.1) is 17.8 Å². The molecule has 0 unspecified atom stereocenters. The molecule has 2 aliphatic rings. The molecule has 0 atom stereocenters. The Bertz CT molecular complexity index is 1810. The molecule has 0 saturated heterocycles. The van der Waals surface area contributed by atoms with Crippen molar-refractivity contribution in [2.45, 2.75) is 71.8 Å². The van der Waals surface area contributed by atoms with Gasteiger partial charge in [-0.05, 0) is 61.7 Å². The zero-order valence-electron chi connectivity index (χ0n) is 27.4. The minimum atomic E-state index is -4.19. The summed E-state index contributed by atoms with van der Waals surface area (Å²) in [5.41, 5.74) is 4.01. The van der Waals surface area contributed by atoms with Gasteiger partial charge in [-0.3, -0.25) is 4.79 Å². The Balaban J connectivity index is 1.07. The number of Topliss-reactive ketones (excluding diaryl/α,β-unsaturated/α-hetero) is 1. The Kier molecular flexibility index (Phi) is 9.95. The Morgan fingerprint density at radius 3 is 2.15 bits per heavy atom. The Morgan fingerprint density at radius 2 is 1.45 bits per heavy atom. The highest BCUT2D eigenvalue weighted by atomic mass is 19.2. The van der Waals surface area contributed by atoms with Gasteiger partial charge in [0, 0.05) is 35.9 Å². The number of carbonyl (C=O) groups is 1. The molecule has 0 bridgehead atoms. The molecule has 0 aliphatic carbocycles. The number of nitrogens with zero attached hydrogens (tertiary/aromatic N) is 3. The largest absolute Gasteiger partial charge is 0.737 e. The molecule has 2 aliphatic heterocycles. The van der Waals surface area contributed by atoms with E-state index < -0.39 is 6.97 Å². The van der Waals surface area contributed by atoms with E-state index in [2.05, 4.69) is 29.1 Å². The third kappa shape index (κ3) is 7.07.